The minimum Gasteiger partial charge on any atom is -0.334 e. The molecule has 0 aliphatic carbocycles. The number of para-hydroxylation sites is 1. The maximum absolute atomic E-state index is 13.2. The summed E-state index contributed by atoms with van der Waals surface area (Å²) in [6, 6.07) is 13.1. The SMILES string of the molecule is C[C@H]1C[C@H](C)CN(S(=O)(=O)c2cccc(C(=O)N(C)Cc3nc4ccccc4c(=O)[nH]3)c2)C1. The molecule has 0 unspecified atom stereocenters. The summed E-state index contributed by atoms with van der Waals surface area (Å²) in [6.07, 6.45) is 1.00. The second-order valence-electron chi connectivity index (χ2n) is 8.99. The second kappa shape index (κ2) is 9.07. The molecule has 2 heterocycles. The highest BCUT2D eigenvalue weighted by Crippen LogP contribution is 2.27. The maximum Gasteiger partial charge on any atom is 0.258 e. The highest BCUT2D eigenvalue weighted by molar-refractivity contribution is 7.89. The number of amides is 1. The fourth-order valence-corrected chi connectivity index (χ4v) is 6.19. The average molecular weight is 469 g/mol. The van der Waals surface area contributed by atoms with Gasteiger partial charge in [-0.15, -0.1) is 0 Å². The van der Waals surface area contributed by atoms with Gasteiger partial charge in [0.2, 0.25) is 10.0 Å². The zero-order valence-corrected chi connectivity index (χ0v) is 19.8. The van der Waals surface area contributed by atoms with Crippen molar-refractivity contribution in [2.75, 3.05) is 20.1 Å². The molecule has 0 radical (unpaired) electrons. The van der Waals surface area contributed by atoms with E-state index in [1.807, 2.05) is 0 Å². The maximum atomic E-state index is 13.2. The van der Waals surface area contributed by atoms with Crippen LogP contribution in [0.3, 0.4) is 0 Å². The van der Waals surface area contributed by atoms with Crippen LogP contribution in [0.2, 0.25) is 0 Å². The summed E-state index contributed by atoms with van der Waals surface area (Å²) in [5.41, 5.74) is 0.546. The summed E-state index contributed by atoms with van der Waals surface area (Å²) >= 11 is 0. The van der Waals surface area contributed by atoms with Crippen molar-refractivity contribution in [3.63, 3.8) is 0 Å². The number of carbonyl (C=O) groups excluding carboxylic acids is 1. The van der Waals surface area contributed by atoms with Gasteiger partial charge in [0.1, 0.15) is 5.82 Å². The minimum absolute atomic E-state index is 0.0804. The Morgan fingerprint density at radius 1 is 1.12 bits per heavy atom. The third-order valence-corrected chi connectivity index (χ3v) is 7.78. The van der Waals surface area contributed by atoms with Crippen LogP contribution in [0.1, 0.15) is 36.5 Å². The van der Waals surface area contributed by atoms with Crippen LogP contribution < -0.4 is 5.56 Å². The fourth-order valence-electron chi connectivity index (χ4n) is 4.47. The number of hydrogen-bond donors (Lipinski definition) is 1. The van der Waals surface area contributed by atoms with Crippen molar-refractivity contribution >= 4 is 26.8 Å². The summed E-state index contributed by atoms with van der Waals surface area (Å²) < 4.78 is 28.0. The Morgan fingerprint density at radius 3 is 2.55 bits per heavy atom. The van der Waals surface area contributed by atoms with Gasteiger partial charge in [-0.3, -0.25) is 9.59 Å². The minimum atomic E-state index is -3.70. The Kier molecular flexibility index (Phi) is 6.36. The molecule has 1 N–H and O–H groups in total. The van der Waals surface area contributed by atoms with Gasteiger partial charge < -0.3 is 9.88 Å². The van der Waals surface area contributed by atoms with Crippen LogP contribution in [0, 0.1) is 11.8 Å². The molecule has 33 heavy (non-hydrogen) atoms. The Morgan fingerprint density at radius 2 is 1.82 bits per heavy atom. The summed E-state index contributed by atoms with van der Waals surface area (Å²) in [6.45, 7) is 5.14. The smallest absolute Gasteiger partial charge is 0.258 e. The number of sulfonamides is 1. The number of hydrogen-bond acceptors (Lipinski definition) is 5. The van der Waals surface area contributed by atoms with Gasteiger partial charge in [-0.25, -0.2) is 13.4 Å². The monoisotopic (exact) mass is 468 g/mol. The van der Waals surface area contributed by atoms with Crippen molar-refractivity contribution in [3.8, 4) is 0 Å². The second-order valence-corrected chi connectivity index (χ2v) is 10.9. The molecule has 9 heteroatoms. The summed E-state index contributed by atoms with van der Waals surface area (Å²) in [4.78, 5) is 34.0. The van der Waals surface area contributed by atoms with E-state index in [1.165, 1.54) is 21.3 Å². The van der Waals surface area contributed by atoms with Gasteiger partial charge >= 0.3 is 0 Å². The van der Waals surface area contributed by atoms with E-state index in [4.69, 9.17) is 0 Å². The molecule has 1 aromatic heterocycles. The largest absolute Gasteiger partial charge is 0.334 e. The Hall–Kier alpha value is -3.04. The van der Waals surface area contributed by atoms with Crippen molar-refractivity contribution in [2.24, 2.45) is 11.8 Å². The highest BCUT2D eigenvalue weighted by atomic mass is 32.2. The standard InChI is InChI=1S/C24H28N4O4S/c1-16-11-17(2)14-28(13-16)33(31,32)19-8-6-7-18(12-19)24(30)27(3)15-22-25-21-10-5-4-9-20(21)23(29)26-22/h4-10,12,16-17H,11,13-15H2,1-3H3,(H,25,26,29)/t16-,17-/m0/s1. The van der Waals surface area contributed by atoms with Crippen LogP contribution in [-0.4, -0.2) is 53.6 Å². The number of rotatable bonds is 5. The van der Waals surface area contributed by atoms with Crippen molar-refractivity contribution < 1.29 is 13.2 Å². The first kappa shape index (κ1) is 23.1. The van der Waals surface area contributed by atoms with E-state index >= 15 is 0 Å². The van der Waals surface area contributed by atoms with Crippen LogP contribution in [0.5, 0.6) is 0 Å². The van der Waals surface area contributed by atoms with Gasteiger partial charge in [0.15, 0.2) is 0 Å². The molecule has 0 spiro atoms. The van der Waals surface area contributed by atoms with Crippen LogP contribution in [-0.2, 0) is 16.6 Å². The van der Waals surface area contributed by atoms with E-state index in [9.17, 15) is 18.0 Å². The lowest BCUT2D eigenvalue weighted by atomic mass is 9.94. The zero-order chi connectivity index (χ0) is 23.8. The van der Waals surface area contributed by atoms with Gasteiger partial charge in [-0.05, 0) is 48.6 Å². The highest BCUT2D eigenvalue weighted by Gasteiger charge is 2.32. The summed E-state index contributed by atoms with van der Waals surface area (Å²) in [7, 11) is -2.11. The molecular formula is C24H28N4O4S. The molecule has 2 aromatic carbocycles. The van der Waals surface area contributed by atoms with Crippen LogP contribution in [0.15, 0.2) is 58.2 Å². The predicted molar refractivity (Wildman–Crippen MR) is 126 cm³/mol. The van der Waals surface area contributed by atoms with Gasteiger partial charge in [0.25, 0.3) is 11.5 Å². The molecule has 1 aliphatic heterocycles. The zero-order valence-electron chi connectivity index (χ0n) is 19.0. The molecule has 3 aromatic rings. The number of piperidine rings is 1. The van der Waals surface area contributed by atoms with Crippen LogP contribution in [0.25, 0.3) is 10.9 Å². The Balaban J connectivity index is 1.55. The van der Waals surface area contributed by atoms with Crippen LogP contribution in [0.4, 0.5) is 0 Å². The van der Waals surface area contributed by atoms with Gasteiger partial charge in [-0.1, -0.05) is 32.0 Å². The number of aromatic amines is 1. The molecule has 1 aliphatic rings. The molecular weight excluding hydrogens is 440 g/mol. The number of aromatic nitrogens is 2. The third-order valence-electron chi connectivity index (χ3n) is 5.95. The van der Waals surface area contributed by atoms with Gasteiger partial charge in [-0.2, -0.15) is 4.31 Å². The third kappa shape index (κ3) is 4.84. The topological polar surface area (TPSA) is 103 Å². The first-order valence-electron chi connectivity index (χ1n) is 11.0. The number of H-pyrrole nitrogens is 1. The molecule has 1 saturated heterocycles. The molecule has 0 saturated carbocycles. The number of fused-ring (bicyclic) bond motifs is 1. The first-order chi connectivity index (χ1) is 15.6. The molecule has 1 amide bonds. The van der Waals surface area contributed by atoms with E-state index in [0.717, 1.165) is 6.42 Å². The number of carbonyl (C=O) groups is 1. The van der Waals surface area contributed by atoms with Crippen molar-refractivity contribution in [3.05, 3.63) is 70.3 Å². The summed E-state index contributed by atoms with van der Waals surface area (Å²) in [5.74, 6) is 0.574. The lowest BCUT2D eigenvalue weighted by Gasteiger charge is -2.34. The van der Waals surface area contributed by atoms with Crippen molar-refractivity contribution in [1.82, 2.24) is 19.2 Å². The normalized spacial score (nSPS) is 19.5. The molecule has 174 valence electrons. The van der Waals surface area contributed by atoms with Crippen LogP contribution >= 0.6 is 0 Å². The summed E-state index contributed by atoms with van der Waals surface area (Å²) in [5, 5.41) is 0.481. The molecule has 2 atom stereocenters. The lowest BCUT2D eigenvalue weighted by molar-refractivity contribution is 0.0781. The van der Waals surface area contributed by atoms with E-state index in [1.54, 1.807) is 43.4 Å². The van der Waals surface area contributed by atoms with Crippen molar-refractivity contribution in [1.29, 1.82) is 0 Å². The number of benzene rings is 2. The van der Waals surface area contributed by atoms with E-state index in [2.05, 4.69) is 23.8 Å². The quantitative estimate of drug-likeness (QED) is 0.620. The molecule has 4 rings (SSSR count). The first-order valence-corrected chi connectivity index (χ1v) is 12.4. The van der Waals surface area contributed by atoms with E-state index < -0.39 is 10.0 Å². The van der Waals surface area contributed by atoms with Gasteiger partial charge in [0.05, 0.1) is 22.3 Å². The average Bonchev–Trinajstić information content (AvgIpc) is 2.78. The predicted octanol–water partition coefficient (Wildman–Crippen LogP) is 2.86. The number of nitrogens with zero attached hydrogens (tertiary/aromatic N) is 3. The lowest BCUT2D eigenvalue weighted by Crippen LogP contribution is -2.42. The Labute approximate surface area is 193 Å². The van der Waals surface area contributed by atoms with E-state index in [0.29, 0.717) is 29.8 Å². The molecule has 1 fully saturated rings. The van der Waals surface area contributed by atoms with Crippen molar-refractivity contribution in [2.45, 2.75) is 31.7 Å². The number of nitrogens with one attached hydrogen (secondary N) is 1. The molecule has 8 nitrogen and oxygen atoms in total. The van der Waals surface area contributed by atoms with Gasteiger partial charge in [0, 0.05) is 25.7 Å². The Bertz CT molecular complexity index is 1340. The molecule has 0 bridgehead atoms. The fraction of sp³-hybridized carbons (Fsp3) is 0.375. The van der Waals surface area contributed by atoms with E-state index in [-0.39, 0.29) is 40.3 Å².